The predicted octanol–water partition coefficient (Wildman–Crippen LogP) is 1.76. The fourth-order valence-corrected chi connectivity index (χ4v) is 7.16. The Kier molecular flexibility index (Phi) is 5.66. The van der Waals surface area contributed by atoms with Crippen LogP contribution in [0.2, 0.25) is 0 Å². The molecule has 4 aliphatic heterocycles. The number of piperidine rings is 1. The number of fused-ring (bicyclic) bond motifs is 4. The van der Waals surface area contributed by atoms with E-state index in [-0.39, 0.29) is 5.56 Å². The van der Waals surface area contributed by atoms with Gasteiger partial charge in [-0.1, -0.05) is 6.07 Å². The maximum absolute atomic E-state index is 12.4. The van der Waals surface area contributed by atoms with E-state index in [2.05, 4.69) is 20.8 Å². The lowest BCUT2D eigenvalue weighted by atomic mass is 9.83. The normalized spacial score (nSPS) is 25.6. The van der Waals surface area contributed by atoms with Gasteiger partial charge >= 0.3 is 0 Å². The standard InChI is InChI=1S/C22H29N7OS2/c30-19-3-1-2-18-17-12-16(14-29(18)19)13-28(15-17)22-24-20(26-4-8-31-9-5-26)23-21(25-22)27-6-10-32-11-7-27/h1-3,16-17H,4-15H2. The highest BCUT2D eigenvalue weighted by Gasteiger charge is 2.36. The molecule has 0 saturated carbocycles. The number of rotatable bonds is 3. The zero-order valence-corrected chi connectivity index (χ0v) is 19.9. The second-order valence-electron chi connectivity index (χ2n) is 9.04. The predicted molar refractivity (Wildman–Crippen MR) is 133 cm³/mol. The van der Waals surface area contributed by atoms with Gasteiger partial charge in [-0.05, 0) is 18.4 Å². The summed E-state index contributed by atoms with van der Waals surface area (Å²) in [4.78, 5) is 34.3. The summed E-state index contributed by atoms with van der Waals surface area (Å²) in [7, 11) is 0. The van der Waals surface area contributed by atoms with Crippen molar-refractivity contribution in [2.75, 3.05) is 77.0 Å². The fraction of sp³-hybridized carbons (Fsp3) is 0.636. The molecule has 170 valence electrons. The molecule has 3 fully saturated rings. The first kappa shape index (κ1) is 20.7. The third-order valence-electron chi connectivity index (χ3n) is 6.95. The number of anilines is 3. The molecule has 2 aromatic heterocycles. The molecular weight excluding hydrogens is 442 g/mol. The molecule has 32 heavy (non-hydrogen) atoms. The summed E-state index contributed by atoms with van der Waals surface area (Å²) in [6.07, 6.45) is 1.14. The maximum Gasteiger partial charge on any atom is 0.250 e. The third kappa shape index (κ3) is 3.96. The van der Waals surface area contributed by atoms with Gasteiger partial charge in [-0.2, -0.15) is 38.5 Å². The van der Waals surface area contributed by atoms with Gasteiger partial charge < -0.3 is 19.3 Å². The van der Waals surface area contributed by atoms with Gasteiger partial charge in [0.05, 0.1) is 0 Å². The van der Waals surface area contributed by atoms with Gasteiger partial charge in [-0.3, -0.25) is 4.79 Å². The number of hydrogen-bond acceptors (Lipinski definition) is 9. The molecular formula is C22H29N7OS2. The molecule has 4 aliphatic rings. The lowest BCUT2D eigenvalue weighted by Crippen LogP contribution is -2.48. The van der Waals surface area contributed by atoms with Crippen LogP contribution in [-0.4, -0.2) is 81.8 Å². The van der Waals surface area contributed by atoms with Crippen LogP contribution in [0.5, 0.6) is 0 Å². The van der Waals surface area contributed by atoms with Crippen LogP contribution in [0.4, 0.5) is 17.8 Å². The molecule has 2 bridgehead atoms. The van der Waals surface area contributed by atoms with E-state index in [1.54, 1.807) is 6.07 Å². The molecule has 6 heterocycles. The average Bonchev–Trinajstić information content (AvgIpc) is 2.85. The van der Waals surface area contributed by atoms with E-state index in [9.17, 15) is 4.79 Å². The number of hydrogen-bond donors (Lipinski definition) is 0. The van der Waals surface area contributed by atoms with E-state index < -0.39 is 0 Å². The molecule has 2 atom stereocenters. The highest BCUT2D eigenvalue weighted by atomic mass is 32.2. The molecule has 0 amide bonds. The van der Waals surface area contributed by atoms with Gasteiger partial charge in [0.2, 0.25) is 17.8 Å². The molecule has 0 spiro atoms. The second-order valence-corrected chi connectivity index (χ2v) is 11.5. The van der Waals surface area contributed by atoms with Crippen molar-refractivity contribution in [3.8, 4) is 0 Å². The monoisotopic (exact) mass is 471 g/mol. The Balaban J connectivity index is 1.34. The maximum atomic E-state index is 12.4. The Morgan fingerprint density at radius 3 is 1.97 bits per heavy atom. The van der Waals surface area contributed by atoms with E-state index in [0.717, 1.165) is 98.8 Å². The van der Waals surface area contributed by atoms with Gasteiger partial charge in [-0.15, -0.1) is 0 Å². The summed E-state index contributed by atoms with van der Waals surface area (Å²) in [5, 5.41) is 0. The van der Waals surface area contributed by atoms with E-state index in [0.29, 0.717) is 11.8 Å². The largest absolute Gasteiger partial charge is 0.340 e. The van der Waals surface area contributed by atoms with Crippen molar-refractivity contribution >= 4 is 41.4 Å². The average molecular weight is 472 g/mol. The van der Waals surface area contributed by atoms with Crippen LogP contribution in [0.25, 0.3) is 0 Å². The van der Waals surface area contributed by atoms with Crippen molar-refractivity contribution in [2.24, 2.45) is 5.92 Å². The first-order valence-corrected chi connectivity index (χ1v) is 13.9. The summed E-state index contributed by atoms with van der Waals surface area (Å²) in [5.41, 5.74) is 1.29. The fourth-order valence-electron chi connectivity index (χ4n) is 5.35. The van der Waals surface area contributed by atoms with Crippen molar-refractivity contribution < 1.29 is 0 Å². The molecule has 10 heteroatoms. The van der Waals surface area contributed by atoms with Crippen molar-refractivity contribution in [2.45, 2.75) is 18.9 Å². The number of thioether (sulfide) groups is 2. The van der Waals surface area contributed by atoms with Gasteiger partial charge in [0.15, 0.2) is 0 Å². The number of aromatic nitrogens is 4. The molecule has 0 aliphatic carbocycles. The smallest absolute Gasteiger partial charge is 0.250 e. The molecule has 0 radical (unpaired) electrons. The lowest BCUT2D eigenvalue weighted by molar-refractivity contribution is 0.279. The van der Waals surface area contributed by atoms with E-state index >= 15 is 0 Å². The summed E-state index contributed by atoms with van der Waals surface area (Å²) in [5.74, 6) is 7.74. The zero-order chi connectivity index (χ0) is 21.5. The minimum absolute atomic E-state index is 0.126. The lowest BCUT2D eigenvalue weighted by Gasteiger charge is -2.43. The molecule has 2 aromatic rings. The second kappa shape index (κ2) is 8.78. The van der Waals surface area contributed by atoms with Gasteiger partial charge in [0.1, 0.15) is 0 Å². The molecule has 0 N–H and O–H groups in total. The Bertz CT molecular complexity index is 999. The molecule has 3 saturated heterocycles. The van der Waals surface area contributed by atoms with Crippen molar-refractivity contribution in [1.82, 2.24) is 19.5 Å². The molecule has 2 unspecified atom stereocenters. The summed E-state index contributed by atoms with van der Waals surface area (Å²) >= 11 is 4.00. The molecule has 6 rings (SSSR count). The van der Waals surface area contributed by atoms with Crippen LogP contribution < -0.4 is 20.3 Å². The van der Waals surface area contributed by atoms with Crippen LogP contribution in [-0.2, 0) is 6.54 Å². The van der Waals surface area contributed by atoms with Crippen LogP contribution >= 0.6 is 23.5 Å². The summed E-state index contributed by atoms with van der Waals surface area (Å²) < 4.78 is 1.98. The first-order valence-electron chi connectivity index (χ1n) is 11.6. The number of nitrogens with zero attached hydrogens (tertiary/aromatic N) is 7. The minimum atomic E-state index is 0.126. The Morgan fingerprint density at radius 2 is 1.34 bits per heavy atom. The Labute approximate surface area is 196 Å². The molecule has 8 nitrogen and oxygen atoms in total. The van der Waals surface area contributed by atoms with Gasteiger partial charge in [-0.25, -0.2) is 0 Å². The SMILES string of the molecule is O=c1cccc2n1CC1CC2CN(c2nc(N3CCSCC3)nc(N3CCSCC3)n2)C1. The Hall–Kier alpha value is -1.94. The van der Waals surface area contributed by atoms with Gasteiger partial charge in [0, 0.05) is 86.5 Å². The number of pyridine rings is 1. The van der Waals surface area contributed by atoms with E-state index in [4.69, 9.17) is 15.0 Å². The van der Waals surface area contributed by atoms with E-state index in [1.807, 2.05) is 34.2 Å². The topological polar surface area (TPSA) is 70.4 Å². The highest BCUT2D eigenvalue weighted by Crippen LogP contribution is 2.36. The highest BCUT2D eigenvalue weighted by molar-refractivity contribution is 7.99. The zero-order valence-electron chi connectivity index (χ0n) is 18.2. The van der Waals surface area contributed by atoms with Crippen molar-refractivity contribution in [3.63, 3.8) is 0 Å². The van der Waals surface area contributed by atoms with E-state index in [1.165, 1.54) is 0 Å². The quantitative estimate of drug-likeness (QED) is 0.666. The summed E-state index contributed by atoms with van der Waals surface area (Å²) in [6.45, 7) is 6.51. The van der Waals surface area contributed by atoms with Crippen LogP contribution in [0.1, 0.15) is 18.0 Å². The van der Waals surface area contributed by atoms with Crippen molar-refractivity contribution in [3.05, 3.63) is 34.2 Å². The van der Waals surface area contributed by atoms with Crippen LogP contribution in [0, 0.1) is 5.92 Å². The first-order chi connectivity index (χ1) is 15.7. The minimum Gasteiger partial charge on any atom is -0.340 e. The van der Waals surface area contributed by atoms with Crippen LogP contribution in [0.3, 0.4) is 0 Å². The van der Waals surface area contributed by atoms with Crippen LogP contribution in [0.15, 0.2) is 23.0 Å². The van der Waals surface area contributed by atoms with Crippen molar-refractivity contribution in [1.29, 1.82) is 0 Å². The molecule has 0 aromatic carbocycles. The third-order valence-corrected chi connectivity index (χ3v) is 8.84. The summed E-state index contributed by atoms with van der Waals surface area (Å²) in [6, 6.07) is 5.70. The Morgan fingerprint density at radius 1 is 0.750 bits per heavy atom. The van der Waals surface area contributed by atoms with Gasteiger partial charge in [0.25, 0.3) is 5.56 Å².